The Morgan fingerprint density at radius 2 is 1.88 bits per heavy atom. The van der Waals surface area contributed by atoms with Crippen LogP contribution in [-0.4, -0.2) is 34.7 Å². The molecule has 6 nitrogen and oxygen atoms in total. The molecule has 3 aliphatic rings. The summed E-state index contributed by atoms with van der Waals surface area (Å²) in [6.45, 7) is 2.05. The smallest absolute Gasteiger partial charge is 0.321 e. The summed E-state index contributed by atoms with van der Waals surface area (Å²) in [4.78, 5) is 24.2. The van der Waals surface area contributed by atoms with Gasteiger partial charge in [0.05, 0.1) is 11.8 Å². The molecule has 0 aromatic heterocycles. The summed E-state index contributed by atoms with van der Waals surface area (Å²) in [5, 5.41) is 19.9. The van der Waals surface area contributed by atoms with E-state index in [0.29, 0.717) is 12.8 Å². The van der Waals surface area contributed by atoms with Crippen molar-refractivity contribution in [3.63, 3.8) is 0 Å². The van der Waals surface area contributed by atoms with Crippen LogP contribution in [0.3, 0.4) is 0 Å². The molecule has 2 heterocycles. The van der Waals surface area contributed by atoms with Gasteiger partial charge in [-0.1, -0.05) is 25.1 Å². The molecule has 0 radical (unpaired) electrons. The molecular formula is C18H20O6. The van der Waals surface area contributed by atoms with Crippen LogP contribution in [0.25, 0.3) is 0 Å². The van der Waals surface area contributed by atoms with Crippen molar-refractivity contribution in [1.82, 2.24) is 0 Å². The number of fused-ring (bicyclic) bond motifs is 3. The third kappa shape index (κ3) is 2.29. The van der Waals surface area contributed by atoms with Crippen LogP contribution in [0.1, 0.15) is 48.3 Å². The third-order valence-corrected chi connectivity index (χ3v) is 5.62. The van der Waals surface area contributed by atoms with Gasteiger partial charge in [-0.3, -0.25) is 9.59 Å². The zero-order chi connectivity index (χ0) is 17.0. The molecule has 0 amide bonds. The maximum Gasteiger partial charge on any atom is 0.321 e. The van der Waals surface area contributed by atoms with Crippen LogP contribution in [0.2, 0.25) is 0 Å². The molecule has 4 rings (SSSR count). The van der Waals surface area contributed by atoms with E-state index >= 15 is 0 Å². The van der Waals surface area contributed by atoms with E-state index in [0.717, 1.165) is 23.1 Å². The van der Waals surface area contributed by atoms with Crippen molar-refractivity contribution in [2.75, 3.05) is 0 Å². The third-order valence-electron chi connectivity index (χ3n) is 5.62. The molecule has 6 heteroatoms. The monoisotopic (exact) mass is 332 g/mol. The Morgan fingerprint density at radius 1 is 1.08 bits per heavy atom. The number of cyclic esters (lactones) is 2. The number of rotatable bonds is 2. The van der Waals surface area contributed by atoms with Gasteiger partial charge in [0, 0.05) is 12.3 Å². The summed E-state index contributed by atoms with van der Waals surface area (Å²) in [7, 11) is 0. The lowest BCUT2D eigenvalue weighted by molar-refractivity contribution is -0.170. The van der Waals surface area contributed by atoms with Gasteiger partial charge in [-0.2, -0.15) is 0 Å². The molecule has 0 saturated carbocycles. The highest BCUT2D eigenvalue weighted by atomic mass is 16.7. The Hall–Kier alpha value is -1.76. The molecule has 1 aromatic carbocycles. The highest BCUT2D eigenvalue weighted by molar-refractivity contribution is 6.00. The van der Waals surface area contributed by atoms with E-state index in [1.54, 1.807) is 0 Å². The van der Waals surface area contributed by atoms with Gasteiger partial charge in [0.1, 0.15) is 0 Å². The van der Waals surface area contributed by atoms with E-state index in [1.165, 1.54) is 0 Å². The first-order valence-electron chi connectivity index (χ1n) is 8.39. The Kier molecular flexibility index (Phi) is 3.71. The van der Waals surface area contributed by atoms with Gasteiger partial charge in [0.15, 0.2) is 12.6 Å². The number of hydrogen-bond donors (Lipinski definition) is 2. The average Bonchev–Trinajstić information content (AvgIpc) is 3.04. The number of aliphatic hydroxyl groups is 2. The summed E-state index contributed by atoms with van der Waals surface area (Å²) in [5.41, 5.74) is 2.89. The Labute approximate surface area is 139 Å². The number of carbonyl (C=O) groups is 2. The summed E-state index contributed by atoms with van der Waals surface area (Å²) in [6, 6.07) is 5.91. The fraction of sp³-hybridized carbons (Fsp3) is 0.556. The topological polar surface area (TPSA) is 93.1 Å². The molecule has 1 aliphatic carbocycles. The van der Waals surface area contributed by atoms with E-state index in [9.17, 15) is 19.8 Å². The lowest BCUT2D eigenvalue weighted by Crippen LogP contribution is -2.32. The molecule has 6 unspecified atom stereocenters. The lowest BCUT2D eigenvalue weighted by atomic mass is 9.66. The molecule has 128 valence electrons. The Morgan fingerprint density at radius 3 is 2.54 bits per heavy atom. The predicted octanol–water partition coefficient (Wildman–Crippen LogP) is 1.19. The summed E-state index contributed by atoms with van der Waals surface area (Å²) >= 11 is 0. The van der Waals surface area contributed by atoms with Gasteiger partial charge in [-0.15, -0.1) is 0 Å². The van der Waals surface area contributed by atoms with Gasteiger partial charge in [0.2, 0.25) is 0 Å². The largest absolute Gasteiger partial charge is 0.392 e. The van der Waals surface area contributed by atoms with Crippen molar-refractivity contribution < 1.29 is 29.3 Å². The summed E-state index contributed by atoms with van der Waals surface area (Å²) in [5.74, 6) is -2.52. The SMILES string of the molecule is CCc1ccc2c(c1)C(C1CC(O)OC1O)CC1C(=O)OC(=O)C21. The van der Waals surface area contributed by atoms with Crippen molar-refractivity contribution in [2.24, 2.45) is 11.8 Å². The van der Waals surface area contributed by atoms with Crippen LogP contribution in [0.4, 0.5) is 0 Å². The van der Waals surface area contributed by atoms with E-state index in [2.05, 4.69) is 0 Å². The molecule has 2 saturated heterocycles. The molecular weight excluding hydrogens is 312 g/mol. The van der Waals surface area contributed by atoms with E-state index in [-0.39, 0.29) is 11.8 Å². The zero-order valence-electron chi connectivity index (χ0n) is 13.3. The van der Waals surface area contributed by atoms with Crippen molar-refractivity contribution in [2.45, 2.75) is 50.6 Å². The second-order valence-electron chi connectivity index (χ2n) is 6.86. The van der Waals surface area contributed by atoms with E-state index < -0.39 is 36.4 Å². The second-order valence-corrected chi connectivity index (χ2v) is 6.86. The molecule has 2 fully saturated rings. The van der Waals surface area contributed by atoms with Crippen LogP contribution in [0.15, 0.2) is 18.2 Å². The van der Waals surface area contributed by atoms with Crippen LogP contribution >= 0.6 is 0 Å². The fourth-order valence-corrected chi connectivity index (χ4v) is 4.40. The first-order valence-corrected chi connectivity index (χ1v) is 8.39. The lowest BCUT2D eigenvalue weighted by Gasteiger charge is -2.35. The van der Waals surface area contributed by atoms with Gasteiger partial charge >= 0.3 is 11.9 Å². The number of aryl methyl sites for hydroxylation is 1. The standard InChI is InChI=1S/C18H20O6/c1-2-8-3-4-9-10(5-8)11(12-7-14(19)23-16(12)20)6-13-15(9)18(22)24-17(13)21/h3-5,11-16,19-20H,2,6-7H2,1H3. The van der Waals surface area contributed by atoms with E-state index in [1.807, 2.05) is 25.1 Å². The minimum absolute atomic E-state index is 0.154. The Bertz CT molecular complexity index is 699. The predicted molar refractivity (Wildman–Crippen MR) is 81.7 cm³/mol. The minimum Gasteiger partial charge on any atom is -0.392 e. The molecule has 2 N–H and O–H groups in total. The molecule has 24 heavy (non-hydrogen) atoms. The van der Waals surface area contributed by atoms with Crippen LogP contribution < -0.4 is 0 Å². The number of esters is 2. The maximum absolute atomic E-state index is 12.1. The van der Waals surface area contributed by atoms with Gasteiger partial charge < -0.3 is 19.7 Å². The van der Waals surface area contributed by atoms with Crippen molar-refractivity contribution in [1.29, 1.82) is 0 Å². The zero-order valence-corrected chi connectivity index (χ0v) is 13.3. The maximum atomic E-state index is 12.1. The van der Waals surface area contributed by atoms with E-state index in [4.69, 9.17) is 9.47 Å². The minimum atomic E-state index is -1.08. The normalized spacial score (nSPS) is 38.0. The van der Waals surface area contributed by atoms with Crippen LogP contribution in [0.5, 0.6) is 0 Å². The quantitative estimate of drug-likeness (QED) is 0.624. The second kappa shape index (κ2) is 5.65. The molecule has 0 spiro atoms. The van der Waals surface area contributed by atoms with Gasteiger partial charge in [0.25, 0.3) is 0 Å². The number of hydrogen-bond acceptors (Lipinski definition) is 6. The summed E-state index contributed by atoms with van der Waals surface area (Å²) < 4.78 is 9.95. The van der Waals surface area contributed by atoms with Crippen LogP contribution in [0, 0.1) is 11.8 Å². The van der Waals surface area contributed by atoms with Crippen molar-refractivity contribution in [3.8, 4) is 0 Å². The van der Waals surface area contributed by atoms with Crippen molar-refractivity contribution in [3.05, 3.63) is 34.9 Å². The fourth-order valence-electron chi connectivity index (χ4n) is 4.40. The molecule has 0 bridgehead atoms. The number of ether oxygens (including phenoxy) is 2. The van der Waals surface area contributed by atoms with Crippen molar-refractivity contribution >= 4 is 11.9 Å². The first kappa shape index (κ1) is 15.7. The Balaban J connectivity index is 1.81. The molecule has 1 aromatic rings. The summed E-state index contributed by atoms with van der Waals surface area (Å²) in [6.07, 6.45) is -0.496. The van der Waals surface area contributed by atoms with Gasteiger partial charge in [-0.05, 0) is 35.4 Å². The number of benzene rings is 1. The average molecular weight is 332 g/mol. The highest BCUT2D eigenvalue weighted by Crippen LogP contribution is 2.52. The molecule has 2 aliphatic heterocycles. The van der Waals surface area contributed by atoms with Crippen LogP contribution in [-0.2, 0) is 25.5 Å². The molecule has 6 atom stereocenters. The first-order chi connectivity index (χ1) is 11.5. The van der Waals surface area contributed by atoms with Gasteiger partial charge in [-0.25, -0.2) is 0 Å². The highest BCUT2D eigenvalue weighted by Gasteiger charge is 2.53. The number of carbonyl (C=O) groups excluding carboxylic acids is 2. The number of aliphatic hydroxyl groups excluding tert-OH is 2.